The number of carbonyl (C=O) groups is 2. The molecule has 0 spiro atoms. The lowest BCUT2D eigenvalue weighted by atomic mass is 10.1. The zero-order valence-corrected chi connectivity index (χ0v) is 18.1. The van der Waals surface area contributed by atoms with Crippen molar-refractivity contribution in [3.8, 4) is 23.0 Å². The van der Waals surface area contributed by atoms with E-state index in [0.717, 1.165) is 0 Å². The molecule has 1 aliphatic heterocycles. The Kier molecular flexibility index (Phi) is 6.14. The van der Waals surface area contributed by atoms with E-state index in [9.17, 15) is 9.59 Å². The molecule has 6 nitrogen and oxygen atoms in total. The summed E-state index contributed by atoms with van der Waals surface area (Å²) in [6.45, 7) is -0.153. The van der Waals surface area contributed by atoms with E-state index in [1.807, 2.05) is 0 Å². The molecule has 0 fully saturated rings. The maximum Gasteiger partial charge on any atom is 0.231 e. The van der Waals surface area contributed by atoms with Gasteiger partial charge in [-0.15, -0.1) is 0 Å². The molecule has 0 aromatic heterocycles. The largest absolute Gasteiger partial charge is 0.497 e. The van der Waals surface area contributed by atoms with E-state index >= 15 is 0 Å². The number of carbonyl (C=O) groups excluding carboxylic acids is 2. The van der Waals surface area contributed by atoms with Crippen LogP contribution < -0.4 is 18.9 Å². The zero-order valence-electron chi connectivity index (χ0n) is 17.4. The minimum absolute atomic E-state index is 0.153. The number of fused-ring (bicyclic) bond motifs is 1. The summed E-state index contributed by atoms with van der Waals surface area (Å²) in [5.41, 5.74) is 1.59. The summed E-state index contributed by atoms with van der Waals surface area (Å²) in [4.78, 5) is 25.0. The van der Waals surface area contributed by atoms with Gasteiger partial charge in [-0.3, -0.25) is 9.59 Å². The maximum absolute atomic E-state index is 12.7. The highest BCUT2D eigenvalue weighted by Gasteiger charge is 2.28. The number of halogens is 1. The third-order valence-electron chi connectivity index (χ3n) is 4.90. The second kappa shape index (κ2) is 9.16. The van der Waals surface area contributed by atoms with Crippen molar-refractivity contribution < 1.29 is 28.5 Å². The van der Waals surface area contributed by atoms with Gasteiger partial charge < -0.3 is 18.9 Å². The predicted molar refractivity (Wildman–Crippen MR) is 120 cm³/mol. The molecule has 1 heterocycles. The second-order valence-electron chi connectivity index (χ2n) is 6.92. The Bertz CT molecular complexity index is 1210. The molecule has 7 heteroatoms. The lowest BCUT2D eigenvalue weighted by Crippen LogP contribution is -2.11. The van der Waals surface area contributed by atoms with Crippen molar-refractivity contribution in [2.45, 2.75) is 0 Å². The Morgan fingerprint density at radius 1 is 0.969 bits per heavy atom. The highest BCUT2D eigenvalue weighted by Crippen LogP contribution is 2.36. The summed E-state index contributed by atoms with van der Waals surface area (Å²) in [6, 6.07) is 16.7. The first-order valence-electron chi connectivity index (χ1n) is 9.70. The number of hydrogen-bond acceptors (Lipinski definition) is 6. The summed E-state index contributed by atoms with van der Waals surface area (Å²) >= 11 is 5.85. The fourth-order valence-corrected chi connectivity index (χ4v) is 3.33. The van der Waals surface area contributed by atoms with Crippen LogP contribution in [-0.2, 0) is 0 Å². The fraction of sp³-hybridized carbons (Fsp3) is 0.120. The van der Waals surface area contributed by atoms with Crippen LogP contribution in [0.1, 0.15) is 26.3 Å². The first-order valence-corrected chi connectivity index (χ1v) is 10.1. The standard InChI is InChI=1S/C25H19ClO6/c1-29-18-8-5-16(22(12-18)30-2)11-24-25(28)20-10-9-19(13-23(20)32-24)31-14-21(27)15-3-6-17(26)7-4-15/h3-13H,14H2,1-2H3/b24-11-. The van der Waals surface area contributed by atoms with Gasteiger partial charge in [-0.05, 0) is 54.6 Å². The molecule has 1 aliphatic rings. The average molecular weight is 451 g/mol. The van der Waals surface area contributed by atoms with Crippen LogP contribution >= 0.6 is 11.6 Å². The van der Waals surface area contributed by atoms with Crippen LogP contribution in [-0.4, -0.2) is 32.4 Å². The molecule has 0 saturated carbocycles. The number of hydrogen-bond donors (Lipinski definition) is 0. The van der Waals surface area contributed by atoms with Crippen molar-refractivity contribution in [1.82, 2.24) is 0 Å². The number of methoxy groups -OCH3 is 2. The van der Waals surface area contributed by atoms with Gasteiger partial charge >= 0.3 is 0 Å². The summed E-state index contributed by atoms with van der Waals surface area (Å²) in [5, 5.41) is 0.555. The summed E-state index contributed by atoms with van der Waals surface area (Å²) in [7, 11) is 3.10. The van der Waals surface area contributed by atoms with Crippen LogP contribution in [0, 0.1) is 0 Å². The highest BCUT2D eigenvalue weighted by molar-refractivity contribution is 6.30. The number of benzene rings is 3. The van der Waals surface area contributed by atoms with E-state index < -0.39 is 0 Å². The van der Waals surface area contributed by atoms with Crippen LogP contribution in [0.3, 0.4) is 0 Å². The highest BCUT2D eigenvalue weighted by atomic mass is 35.5. The monoisotopic (exact) mass is 450 g/mol. The molecular weight excluding hydrogens is 432 g/mol. The Morgan fingerprint density at radius 2 is 1.72 bits per heavy atom. The second-order valence-corrected chi connectivity index (χ2v) is 7.36. The van der Waals surface area contributed by atoms with E-state index in [1.54, 1.807) is 73.8 Å². The molecule has 0 radical (unpaired) electrons. The topological polar surface area (TPSA) is 71.1 Å². The van der Waals surface area contributed by atoms with Gasteiger partial charge in [0.15, 0.2) is 18.1 Å². The summed E-state index contributed by atoms with van der Waals surface area (Å²) < 4.78 is 21.9. The van der Waals surface area contributed by atoms with E-state index in [1.165, 1.54) is 7.11 Å². The molecule has 4 rings (SSSR count). The SMILES string of the molecule is COc1ccc(/C=C2\Oc3cc(OCC(=O)c4ccc(Cl)cc4)ccc3C2=O)c(OC)c1. The van der Waals surface area contributed by atoms with Crippen molar-refractivity contribution in [3.63, 3.8) is 0 Å². The number of rotatable bonds is 7. The fourth-order valence-electron chi connectivity index (χ4n) is 3.20. The molecule has 0 unspecified atom stereocenters. The Balaban J connectivity index is 1.49. The third-order valence-corrected chi connectivity index (χ3v) is 5.16. The lowest BCUT2D eigenvalue weighted by Gasteiger charge is -2.08. The zero-order chi connectivity index (χ0) is 22.7. The molecule has 0 amide bonds. The van der Waals surface area contributed by atoms with Crippen molar-refractivity contribution >= 4 is 29.2 Å². The van der Waals surface area contributed by atoms with Crippen molar-refractivity contribution in [3.05, 3.63) is 88.1 Å². The Labute approximate surface area is 189 Å². The van der Waals surface area contributed by atoms with Gasteiger partial charge in [0, 0.05) is 28.3 Å². The Hall–Kier alpha value is -3.77. The van der Waals surface area contributed by atoms with Gasteiger partial charge in [0.05, 0.1) is 19.8 Å². The first-order chi connectivity index (χ1) is 15.5. The van der Waals surface area contributed by atoms with Crippen LogP contribution in [0.2, 0.25) is 5.02 Å². The van der Waals surface area contributed by atoms with Gasteiger partial charge in [0.25, 0.3) is 0 Å². The van der Waals surface area contributed by atoms with Crippen molar-refractivity contribution in [2.75, 3.05) is 20.8 Å². The molecule has 0 aliphatic carbocycles. The molecule has 0 bridgehead atoms. The van der Waals surface area contributed by atoms with Crippen LogP contribution in [0.5, 0.6) is 23.0 Å². The summed E-state index contributed by atoms with van der Waals surface area (Å²) in [5.74, 6) is 1.70. The number of ether oxygens (including phenoxy) is 4. The van der Waals surface area contributed by atoms with Gasteiger partial charge in [0.2, 0.25) is 5.78 Å². The van der Waals surface area contributed by atoms with Crippen LogP contribution in [0.25, 0.3) is 6.08 Å². The average Bonchev–Trinajstić information content (AvgIpc) is 3.12. The minimum atomic E-state index is -0.248. The first kappa shape index (κ1) is 21.5. The van der Waals surface area contributed by atoms with E-state index in [-0.39, 0.29) is 23.9 Å². The van der Waals surface area contributed by atoms with Crippen molar-refractivity contribution in [2.24, 2.45) is 0 Å². The molecule has 32 heavy (non-hydrogen) atoms. The molecule has 0 N–H and O–H groups in total. The van der Waals surface area contributed by atoms with E-state index in [4.69, 9.17) is 30.5 Å². The van der Waals surface area contributed by atoms with E-state index in [2.05, 4.69) is 0 Å². The van der Waals surface area contributed by atoms with Crippen LogP contribution in [0.15, 0.2) is 66.4 Å². The number of ketones is 2. The third kappa shape index (κ3) is 4.45. The van der Waals surface area contributed by atoms with Gasteiger partial charge in [-0.25, -0.2) is 0 Å². The molecule has 0 saturated heterocycles. The molecule has 3 aromatic rings. The van der Waals surface area contributed by atoms with Gasteiger partial charge in [0.1, 0.15) is 23.0 Å². The predicted octanol–water partition coefficient (Wildman–Crippen LogP) is 5.24. The maximum atomic E-state index is 12.7. The van der Waals surface area contributed by atoms with Gasteiger partial charge in [-0.1, -0.05) is 11.6 Å². The number of Topliss-reactive ketones (excluding diaryl/α,β-unsaturated/α-hetero) is 2. The molecule has 0 atom stereocenters. The Morgan fingerprint density at radius 3 is 2.44 bits per heavy atom. The molecule has 3 aromatic carbocycles. The van der Waals surface area contributed by atoms with Crippen LogP contribution in [0.4, 0.5) is 0 Å². The molecular formula is C25H19ClO6. The smallest absolute Gasteiger partial charge is 0.231 e. The quantitative estimate of drug-likeness (QED) is 0.362. The van der Waals surface area contributed by atoms with Crippen molar-refractivity contribution in [1.29, 1.82) is 0 Å². The van der Waals surface area contributed by atoms with E-state index in [0.29, 0.717) is 44.7 Å². The number of allylic oxidation sites excluding steroid dienone is 1. The summed E-state index contributed by atoms with van der Waals surface area (Å²) in [6.07, 6.45) is 1.62. The minimum Gasteiger partial charge on any atom is -0.497 e. The van der Waals surface area contributed by atoms with Gasteiger partial charge in [-0.2, -0.15) is 0 Å². The molecule has 162 valence electrons. The normalized spacial score (nSPS) is 13.5. The lowest BCUT2D eigenvalue weighted by molar-refractivity contribution is 0.0921.